The molecular weight excluding hydrogens is 464 g/mol. The molecule has 2 aromatic heterocycles. The summed E-state index contributed by atoms with van der Waals surface area (Å²) >= 11 is 0. The van der Waals surface area contributed by atoms with Gasteiger partial charge in [-0.3, -0.25) is 5.01 Å². The van der Waals surface area contributed by atoms with Crippen LogP contribution in [0.3, 0.4) is 0 Å². The molecular formula is C28H44N8O. The maximum absolute atomic E-state index is 6.27. The molecule has 0 aromatic carbocycles. The number of ether oxygens (including phenoxy) is 1. The number of aromatic nitrogens is 3. The quantitative estimate of drug-likeness (QED) is 0.352. The Balaban J connectivity index is 1.61. The minimum Gasteiger partial charge on any atom is -0.382 e. The molecule has 0 amide bonds. The van der Waals surface area contributed by atoms with Crippen molar-refractivity contribution in [1.82, 2.24) is 24.9 Å². The van der Waals surface area contributed by atoms with Gasteiger partial charge in [-0.25, -0.2) is 15.0 Å². The number of aryl methyl sites for hydroxylation is 1. The van der Waals surface area contributed by atoms with E-state index < -0.39 is 0 Å². The van der Waals surface area contributed by atoms with E-state index in [4.69, 9.17) is 20.4 Å². The fourth-order valence-corrected chi connectivity index (χ4v) is 5.63. The summed E-state index contributed by atoms with van der Waals surface area (Å²) in [4.78, 5) is 17.1. The van der Waals surface area contributed by atoms with Crippen molar-refractivity contribution in [3.05, 3.63) is 23.7 Å². The molecule has 37 heavy (non-hydrogen) atoms. The number of nitrogen functional groups attached to an aromatic ring is 1. The highest BCUT2D eigenvalue weighted by Crippen LogP contribution is 2.30. The van der Waals surface area contributed by atoms with Gasteiger partial charge < -0.3 is 20.7 Å². The number of hydrazone groups is 1. The van der Waals surface area contributed by atoms with Crippen LogP contribution < -0.4 is 11.1 Å². The summed E-state index contributed by atoms with van der Waals surface area (Å²) in [5.41, 5.74) is 10.5. The van der Waals surface area contributed by atoms with Gasteiger partial charge >= 0.3 is 0 Å². The molecule has 0 saturated carbocycles. The highest BCUT2D eigenvalue weighted by molar-refractivity contribution is 5.94. The van der Waals surface area contributed by atoms with E-state index >= 15 is 0 Å². The molecule has 4 rings (SSSR count). The van der Waals surface area contributed by atoms with Gasteiger partial charge in [0, 0.05) is 63.1 Å². The fraction of sp³-hybridized carbons (Fsp3) is 0.643. The summed E-state index contributed by atoms with van der Waals surface area (Å²) in [5.74, 6) is 1.23. The predicted molar refractivity (Wildman–Crippen MR) is 153 cm³/mol. The van der Waals surface area contributed by atoms with Crippen molar-refractivity contribution in [3.8, 4) is 0 Å². The third kappa shape index (κ3) is 6.21. The molecule has 9 nitrogen and oxygen atoms in total. The predicted octanol–water partition coefficient (Wildman–Crippen LogP) is 4.69. The zero-order chi connectivity index (χ0) is 26.4. The molecule has 2 aliphatic rings. The lowest BCUT2D eigenvalue weighted by atomic mass is 10.0. The van der Waals surface area contributed by atoms with Crippen LogP contribution in [0.4, 0.5) is 11.6 Å². The number of nitrogens with one attached hydrogen (secondary N) is 1. The number of likely N-dealkylation sites (tertiary alicyclic amines) is 1. The highest BCUT2D eigenvalue weighted by atomic mass is 16.5. The molecule has 202 valence electrons. The second-order valence-electron chi connectivity index (χ2n) is 10.2. The minimum atomic E-state index is 0.328. The van der Waals surface area contributed by atoms with E-state index in [1.54, 1.807) is 6.20 Å². The molecule has 2 fully saturated rings. The zero-order valence-electron chi connectivity index (χ0n) is 23.0. The van der Waals surface area contributed by atoms with Crippen molar-refractivity contribution in [3.63, 3.8) is 0 Å². The van der Waals surface area contributed by atoms with Crippen LogP contribution in [0.15, 0.2) is 17.5 Å². The third-order valence-corrected chi connectivity index (χ3v) is 7.94. The number of rotatable bonds is 10. The fourth-order valence-electron chi connectivity index (χ4n) is 5.63. The summed E-state index contributed by atoms with van der Waals surface area (Å²) in [6.45, 7) is 16.3. The molecule has 2 aliphatic heterocycles. The van der Waals surface area contributed by atoms with Gasteiger partial charge in [0.05, 0.1) is 11.7 Å². The van der Waals surface area contributed by atoms with Crippen LogP contribution in [0.2, 0.25) is 0 Å². The van der Waals surface area contributed by atoms with E-state index in [1.807, 2.05) is 5.01 Å². The summed E-state index contributed by atoms with van der Waals surface area (Å²) in [6.07, 6.45) is 11.1. The summed E-state index contributed by atoms with van der Waals surface area (Å²) < 4.78 is 5.53. The van der Waals surface area contributed by atoms with Gasteiger partial charge in [-0.05, 0) is 57.4 Å². The van der Waals surface area contributed by atoms with Crippen LogP contribution in [0.25, 0.3) is 16.6 Å². The van der Waals surface area contributed by atoms with Crippen molar-refractivity contribution >= 4 is 35.0 Å². The maximum atomic E-state index is 6.27. The van der Waals surface area contributed by atoms with Crippen LogP contribution >= 0.6 is 0 Å². The van der Waals surface area contributed by atoms with E-state index in [1.165, 1.54) is 12.8 Å². The van der Waals surface area contributed by atoms with Crippen LogP contribution in [0.5, 0.6) is 0 Å². The SMILES string of the molecule is C=NN(/C=C(\C)c1cnc(N)c2nc(CC)c(NC3CCOCC3)nc12)C1CCN(C(CC)CC)CC1. The molecule has 0 unspecified atom stereocenters. The van der Waals surface area contributed by atoms with E-state index in [0.717, 1.165) is 86.6 Å². The second-order valence-corrected chi connectivity index (χ2v) is 10.2. The van der Waals surface area contributed by atoms with E-state index in [0.29, 0.717) is 29.5 Å². The summed E-state index contributed by atoms with van der Waals surface area (Å²) in [5, 5.41) is 10.0. The Bertz CT molecular complexity index is 1090. The van der Waals surface area contributed by atoms with Gasteiger partial charge in [0.1, 0.15) is 16.9 Å². The number of piperidine rings is 1. The number of hydrogen-bond acceptors (Lipinski definition) is 9. The third-order valence-electron chi connectivity index (χ3n) is 7.94. The summed E-state index contributed by atoms with van der Waals surface area (Å²) in [7, 11) is 0. The van der Waals surface area contributed by atoms with Gasteiger partial charge in [0.15, 0.2) is 5.82 Å². The Morgan fingerprint density at radius 2 is 1.89 bits per heavy atom. The Morgan fingerprint density at radius 3 is 2.51 bits per heavy atom. The number of fused-ring (bicyclic) bond motifs is 1. The molecule has 0 bridgehead atoms. The Hall–Kier alpha value is -2.78. The Morgan fingerprint density at radius 1 is 1.19 bits per heavy atom. The van der Waals surface area contributed by atoms with Crippen molar-refractivity contribution in [2.75, 3.05) is 37.4 Å². The van der Waals surface area contributed by atoms with E-state index in [2.05, 4.69) is 60.9 Å². The lowest BCUT2D eigenvalue weighted by molar-refractivity contribution is 0.0903. The van der Waals surface area contributed by atoms with Crippen molar-refractivity contribution in [2.45, 2.75) is 90.8 Å². The van der Waals surface area contributed by atoms with Crippen LogP contribution in [0.1, 0.15) is 77.5 Å². The van der Waals surface area contributed by atoms with Gasteiger partial charge in [-0.2, -0.15) is 5.10 Å². The number of hydrogen-bond donors (Lipinski definition) is 2. The molecule has 4 heterocycles. The van der Waals surface area contributed by atoms with Gasteiger partial charge in [0.25, 0.3) is 0 Å². The molecule has 0 spiro atoms. The molecule has 0 aliphatic carbocycles. The molecule has 2 aromatic rings. The number of allylic oxidation sites excluding steroid dienone is 1. The molecule has 0 atom stereocenters. The van der Waals surface area contributed by atoms with Crippen molar-refractivity contribution in [1.29, 1.82) is 0 Å². The first-order valence-electron chi connectivity index (χ1n) is 14.0. The largest absolute Gasteiger partial charge is 0.382 e. The molecule has 0 radical (unpaired) electrons. The number of anilines is 2. The van der Waals surface area contributed by atoms with Crippen LogP contribution in [-0.2, 0) is 11.2 Å². The van der Waals surface area contributed by atoms with Crippen molar-refractivity contribution in [2.24, 2.45) is 5.10 Å². The minimum absolute atomic E-state index is 0.328. The normalized spacial score (nSPS) is 18.5. The Labute approximate surface area is 221 Å². The summed E-state index contributed by atoms with van der Waals surface area (Å²) in [6, 6.07) is 1.33. The van der Waals surface area contributed by atoms with Crippen molar-refractivity contribution < 1.29 is 4.74 Å². The lowest BCUT2D eigenvalue weighted by Crippen LogP contribution is -2.45. The first kappa shape index (κ1) is 27.3. The maximum Gasteiger partial charge on any atom is 0.151 e. The first-order valence-corrected chi connectivity index (χ1v) is 14.0. The number of nitrogens with zero attached hydrogens (tertiary/aromatic N) is 6. The Kier molecular flexibility index (Phi) is 9.32. The average Bonchev–Trinajstić information content (AvgIpc) is 2.93. The topological polar surface area (TPSA) is 105 Å². The van der Waals surface area contributed by atoms with Crippen LogP contribution in [-0.4, -0.2) is 76.0 Å². The molecule has 3 N–H and O–H groups in total. The van der Waals surface area contributed by atoms with Gasteiger partial charge in [0.2, 0.25) is 0 Å². The zero-order valence-corrected chi connectivity index (χ0v) is 23.0. The lowest BCUT2D eigenvalue weighted by Gasteiger charge is -2.39. The van der Waals surface area contributed by atoms with E-state index in [-0.39, 0.29) is 0 Å². The van der Waals surface area contributed by atoms with Gasteiger partial charge in [-0.1, -0.05) is 20.8 Å². The van der Waals surface area contributed by atoms with Gasteiger partial charge in [-0.15, -0.1) is 0 Å². The van der Waals surface area contributed by atoms with Crippen LogP contribution in [0, 0.1) is 0 Å². The monoisotopic (exact) mass is 508 g/mol. The molecule has 9 heteroatoms. The van der Waals surface area contributed by atoms with E-state index in [9.17, 15) is 0 Å². The molecule has 2 saturated heterocycles. The first-order chi connectivity index (χ1) is 18.0. The number of pyridine rings is 1. The smallest absolute Gasteiger partial charge is 0.151 e. The highest BCUT2D eigenvalue weighted by Gasteiger charge is 2.26. The standard InChI is InChI=1S/C28H44N8O/c1-6-21(7-2)35-13-9-22(10-14-35)36(30-5)18-19(4)23-17-31-27(29)26-25(23)34-28(24(8-3)33-26)32-20-11-15-37-16-12-20/h17-18,20-22H,5-16H2,1-4H3,(H2,29,31)(H,32,34)/b19-18+. The second kappa shape index (κ2) is 12.6. The average molecular weight is 509 g/mol. The number of nitrogens with two attached hydrogens (primary N) is 1.